The number of aromatic amines is 1. The van der Waals surface area contributed by atoms with Crippen LogP contribution in [-0.2, 0) is 6.42 Å². The summed E-state index contributed by atoms with van der Waals surface area (Å²) in [4.78, 5) is 12.1. The van der Waals surface area contributed by atoms with Crippen molar-refractivity contribution in [1.82, 2.24) is 15.5 Å². The number of rotatable bonds is 4. The van der Waals surface area contributed by atoms with E-state index in [1.807, 2.05) is 6.92 Å². The van der Waals surface area contributed by atoms with Gasteiger partial charge in [0.2, 0.25) is 0 Å². The SMILES string of the molecule is CCc1[nH]nc(C(=O)NCC2CC3CCC2C3)c1N. The highest BCUT2D eigenvalue weighted by Crippen LogP contribution is 2.47. The number of hydrogen-bond donors (Lipinski definition) is 3. The van der Waals surface area contributed by atoms with Crippen molar-refractivity contribution in [2.24, 2.45) is 17.8 Å². The summed E-state index contributed by atoms with van der Waals surface area (Å²) in [6.07, 6.45) is 6.14. The minimum absolute atomic E-state index is 0.142. The molecular formula is C14H22N4O. The molecule has 2 aliphatic carbocycles. The number of anilines is 1. The Morgan fingerprint density at radius 3 is 2.89 bits per heavy atom. The van der Waals surface area contributed by atoms with Crippen LogP contribution >= 0.6 is 0 Å². The van der Waals surface area contributed by atoms with Crippen LogP contribution in [0.4, 0.5) is 5.69 Å². The van der Waals surface area contributed by atoms with E-state index in [2.05, 4.69) is 15.5 Å². The van der Waals surface area contributed by atoms with Crippen LogP contribution in [0.5, 0.6) is 0 Å². The molecule has 1 aromatic heterocycles. The van der Waals surface area contributed by atoms with Gasteiger partial charge in [0.1, 0.15) is 0 Å². The molecule has 2 saturated carbocycles. The molecule has 4 N–H and O–H groups in total. The fraction of sp³-hybridized carbons (Fsp3) is 0.714. The lowest BCUT2D eigenvalue weighted by Gasteiger charge is -2.21. The zero-order valence-electron chi connectivity index (χ0n) is 11.4. The smallest absolute Gasteiger partial charge is 0.273 e. The van der Waals surface area contributed by atoms with Gasteiger partial charge in [-0.15, -0.1) is 0 Å². The highest BCUT2D eigenvalue weighted by molar-refractivity contribution is 5.97. The van der Waals surface area contributed by atoms with Crippen LogP contribution < -0.4 is 11.1 Å². The molecule has 0 aliphatic heterocycles. The van der Waals surface area contributed by atoms with Gasteiger partial charge in [-0.2, -0.15) is 5.10 Å². The molecule has 5 heteroatoms. The van der Waals surface area contributed by atoms with E-state index in [0.717, 1.165) is 30.5 Å². The maximum Gasteiger partial charge on any atom is 0.273 e. The van der Waals surface area contributed by atoms with E-state index < -0.39 is 0 Å². The standard InChI is InChI=1S/C14H22N4O/c1-2-11-12(15)13(18-17-11)14(19)16-7-10-6-8-3-4-9(10)5-8/h8-10H,2-7,15H2,1H3,(H,16,19)(H,17,18). The summed E-state index contributed by atoms with van der Waals surface area (Å²) in [6.45, 7) is 2.76. The Bertz CT molecular complexity index is 482. The number of aromatic nitrogens is 2. The number of carbonyl (C=O) groups excluding carboxylic acids is 1. The molecule has 0 radical (unpaired) electrons. The van der Waals surface area contributed by atoms with E-state index in [1.165, 1.54) is 25.7 Å². The highest BCUT2D eigenvalue weighted by atomic mass is 16.1. The summed E-state index contributed by atoms with van der Waals surface area (Å²) in [5.74, 6) is 2.26. The number of nitrogens with two attached hydrogens (primary N) is 1. The lowest BCUT2D eigenvalue weighted by atomic mass is 9.89. The Morgan fingerprint density at radius 1 is 1.47 bits per heavy atom. The van der Waals surface area contributed by atoms with Crippen LogP contribution in [0.25, 0.3) is 0 Å². The molecule has 0 aromatic carbocycles. The number of fused-ring (bicyclic) bond motifs is 2. The second kappa shape index (κ2) is 4.87. The molecule has 2 aliphatic rings. The summed E-state index contributed by atoms with van der Waals surface area (Å²) in [5, 5.41) is 9.84. The molecule has 3 atom stereocenters. The average Bonchev–Trinajstić information content (AvgIpc) is 3.10. The number of H-pyrrole nitrogens is 1. The molecule has 0 saturated heterocycles. The first-order valence-corrected chi connectivity index (χ1v) is 7.30. The van der Waals surface area contributed by atoms with Crippen LogP contribution in [-0.4, -0.2) is 22.6 Å². The molecular weight excluding hydrogens is 240 g/mol. The third-order valence-electron chi connectivity index (χ3n) is 4.86. The van der Waals surface area contributed by atoms with Crippen LogP contribution in [0, 0.1) is 17.8 Å². The van der Waals surface area contributed by atoms with Crippen molar-refractivity contribution in [3.63, 3.8) is 0 Å². The van der Waals surface area contributed by atoms with E-state index in [-0.39, 0.29) is 5.91 Å². The molecule has 3 rings (SSSR count). The zero-order chi connectivity index (χ0) is 13.4. The average molecular weight is 262 g/mol. The van der Waals surface area contributed by atoms with Gasteiger partial charge >= 0.3 is 0 Å². The van der Waals surface area contributed by atoms with E-state index in [1.54, 1.807) is 0 Å². The van der Waals surface area contributed by atoms with Crippen molar-refractivity contribution in [3.05, 3.63) is 11.4 Å². The number of nitrogens with one attached hydrogen (secondary N) is 2. The third-order valence-corrected chi connectivity index (χ3v) is 4.86. The van der Waals surface area contributed by atoms with Crippen LogP contribution in [0.15, 0.2) is 0 Å². The Balaban J connectivity index is 1.58. The molecule has 104 valence electrons. The van der Waals surface area contributed by atoms with Gasteiger partial charge in [0.15, 0.2) is 5.69 Å². The van der Waals surface area contributed by atoms with Crippen LogP contribution in [0.1, 0.15) is 48.8 Å². The van der Waals surface area contributed by atoms with Gasteiger partial charge in [-0.25, -0.2) is 0 Å². The highest BCUT2D eigenvalue weighted by Gasteiger charge is 2.39. The molecule has 2 fully saturated rings. The Labute approximate surface area is 113 Å². The minimum atomic E-state index is -0.142. The molecule has 2 bridgehead atoms. The van der Waals surface area contributed by atoms with E-state index in [0.29, 0.717) is 17.3 Å². The number of nitrogens with zero attached hydrogens (tertiary/aromatic N) is 1. The van der Waals surface area contributed by atoms with E-state index in [4.69, 9.17) is 5.73 Å². The lowest BCUT2D eigenvalue weighted by molar-refractivity contribution is 0.0937. The van der Waals surface area contributed by atoms with E-state index >= 15 is 0 Å². The van der Waals surface area contributed by atoms with E-state index in [9.17, 15) is 4.79 Å². The van der Waals surface area contributed by atoms with Crippen molar-refractivity contribution in [2.75, 3.05) is 12.3 Å². The molecule has 5 nitrogen and oxygen atoms in total. The van der Waals surface area contributed by atoms with Gasteiger partial charge in [-0.1, -0.05) is 13.3 Å². The van der Waals surface area contributed by atoms with Crippen molar-refractivity contribution in [3.8, 4) is 0 Å². The monoisotopic (exact) mass is 262 g/mol. The van der Waals surface area contributed by atoms with Gasteiger partial charge in [-0.05, 0) is 43.4 Å². The molecule has 1 aromatic rings. The summed E-state index contributed by atoms with van der Waals surface area (Å²) < 4.78 is 0. The fourth-order valence-corrected chi connectivity index (χ4v) is 3.76. The van der Waals surface area contributed by atoms with Gasteiger partial charge in [0.25, 0.3) is 5.91 Å². The lowest BCUT2D eigenvalue weighted by Crippen LogP contribution is -2.32. The van der Waals surface area contributed by atoms with Gasteiger partial charge in [0.05, 0.1) is 11.4 Å². The predicted molar refractivity (Wildman–Crippen MR) is 73.6 cm³/mol. The first kappa shape index (κ1) is 12.5. The summed E-state index contributed by atoms with van der Waals surface area (Å²) >= 11 is 0. The summed E-state index contributed by atoms with van der Waals surface area (Å²) in [7, 11) is 0. The third kappa shape index (κ3) is 2.22. The van der Waals surface area contributed by atoms with Crippen LogP contribution in [0.2, 0.25) is 0 Å². The van der Waals surface area contributed by atoms with Gasteiger partial charge in [-0.3, -0.25) is 9.89 Å². The van der Waals surface area contributed by atoms with Crippen LogP contribution in [0.3, 0.4) is 0 Å². The maximum absolute atomic E-state index is 12.1. The fourth-order valence-electron chi connectivity index (χ4n) is 3.76. The topological polar surface area (TPSA) is 83.8 Å². The molecule has 3 unspecified atom stereocenters. The zero-order valence-corrected chi connectivity index (χ0v) is 11.4. The number of aryl methyl sites for hydroxylation is 1. The first-order valence-electron chi connectivity index (χ1n) is 7.30. The Kier molecular flexibility index (Phi) is 3.21. The van der Waals surface area contributed by atoms with Gasteiger partial charge < -0.3 is 11.1 Å². The minimum Gasteiger partial charge on any atom is -0.395 e. The maximum atomic E-state index is 12.1. The van der Waals surface area contributed by atoms with Gasteiger partial charge in [0, 0.05) is 6.54 Å². The van der Waals surface area contributed by atoms with Crippen molar-refractivity contribution in [1.29, 1.82) is 0 Å². The Morgan fingerprint density at radius 2 is 2.32 bits per heavy atom. The number of carbonyl (C=O) groups is 1. The largest absolute Gasteiger partial charge is 0.395 e. The summed E-state index contributed by atoms with van der Waals surface area (Å²) in [6, 6.07) is 0. The second-order valence-electron chi connectivity index (χ2n) is 5.96. The van der Waals surface area contributed by atoms with Crippen molar-refractivity contribution < 1.29 is 4.79 Å². The predicted octanol–water partition coefficient (Wildman–Crippen LogP) is 1.72. The second-order valence-corrected chi connectivity index (χ2v) is 5.96. The van der Waals surface area contributed by atoms with Crippen molar-refractivity contribution in [2.45, 2.75) is 39.0 Å². The van der Waals surface area contributed by atoms with Crippen molar-refractivity contribution >= 4 is 11.6 Å². The molecule has 1 heterocycles. The first-order chi connectivity index (χ1) is 9.19. The Hall–Kier alpha value is -1.52. The molecule has 0 spiro atoms. The number of amides is 1. The normalized spacial score (nSPS) is 28.8. The summed E-state index contributed by atoms with van der Waals surface area (Å²) in [5.41, 5.74) is 7.58. The molecule has 1 amide bonds. The number of hydrogen-bond acceptors (Lipinski definition) is 3. The molecule has 19 heavy (non-hydrogen) atoms. The quantitative estimate of drug-likeness (QED) is 0.772. The number of nitrogen functional groups attached to an aromatic ring is 1.